The molecule has 138 valence electrons. The van der Waals surface area contributed by atoms with Gasteiger partial charge in [0.15, 0.2) is 0 Å². The molecule has 1 heterocycles. The van der Waals surface area contributed by atoms with Crippen molar-refractivity contribution in [1.29, 1.82) is 0 Å². The number of carbonyl (C=O) groups is 1. The van der Waals surface area contributed by atoms with Crippen LogP contribution in [0.1, 0.15) is 20.8 Å². The molecule has 0 bridgehead atoms. The van der Waals surface area contributed by atoms with Crippen LogP contribution >= 0.6 is 35.3 Å². The second-order valence-corrected chi connectivity index (χ2v) is 8.52. The van der Waals surface area contributed by atoms with E-state index in [-0.39, 0.29) is 5.91 Å². The predicted octanol–water partition coefficient (Wildman–Crippen LogP) is 5.08. The fourth-order valence-electron chi connectivity index (χ4n) is 2.64. The summed E-state index contributed by atoms with van der Waals surface area (Å²) in [5.41, 5.74) is 3.77. The number of thiophene rings is 1. The molecule has 2 N–H and O–H groups in total. The molecule has 0 saturated carbocycles. The van der Waals surface area contributed by atoms with Crippen molar-refractivity contribution in [1.82, 2.24) is 10.6 Å². The fraction of sp³-hybridized carbons (Fsp3) is 0.143. The Labute approximate surface area is 173 Å². The van der Waals surface area contributed by atoms with Crippen molar-refractivity contribution in [3.05, 3.63) is 82.0 Å². The smallest absolute Gasteiger partial charge is 0.251 e. The van der Waals surface area contributed by atoms with Gasteiger partial charge in [0.25, 0.3) is 5.91 Å². The van der Waals surface area contributed by atoms with Gasteiger partial charge >= 0.3 is 0 Å². The summed E-state index contributed by atoms with van der Waals surface area (Å²) < 4.78 is 0.778. The first kappa shape index (κ1) is 19.6. The Morgan fingerprint density at radius 3 is 2.63 bits per heavy atom. The maximum Gasteiger partial charge on any atom is 0.251 e. The van der Waals surface area contributed by atoms with Gasteiger partial charge in [-0.3, -0.25) is 4.79 Å². The van der Waals surface area contributed by atoms with Crippen molar-refractivity contribution < 1.29 is 4.79 Å². The molecular formula is C21H20N2OS3. The highest BCUT2D eigenvalue weighted by Gasteiger charge is 2.12. The summed E-state index contributed by atoms with van der Waals surface area (Å²) in [6.07, 6.45) is 0. The number of amides is 1. The molecule has 0 aliphatic rings. The number of thioether (sulfide) groups is 1. The van der Waals surface area contributed by atoms with Gasteiger partial charge in [0.05, 0.1) is 6.54 Å². The van der Waals surface area contributed by atoms with Crippen LogP contribution in [0.3, 0.4) is 0 Å². The average molecular weight is 413 g/mol. The summed E-state index contributed by atoms with van der Waals surface area (Å²) >= 11 is 8.75. The molecule has 27 heavy (non-hydrogen) atoms. The number of benzene rings is 2. The molecular weight excluding hydrogens is 392 g/mol. The van der Waals surface area contributed by atoms with Crippen LogP contribution in [-0.4, -0.2) is 17.3 Å². The van der Waals surface area contributed by atoms with E-state index in [2.05, 4.69) is 28.1 Å². The van der Waals surface area contributed by atoms with Crippen LogP contribution in [-0.2, 0) is 12.3 Å². The molecule has 1 aromatic heterocycles. The maximum atomic E-state index is 12.2. The zero-order valence-electron chi connectivity index (χ0n) is 14.9. The van der Waals surface area contributed by atoms with E-state index in [4.69, 9.17) is 12.2 Å². The number of nitrogens with one attached hydrogen (secondary N) is 2. The summed E-state index contributed by atoms with van der Waals surface area (Å²) in [6, 6.07) is 20.1. The van der Waals surface area contributed by atoms with Gasteiger partial charge in [0, 0.05) is 23.2 Å². The predicted molar refractivity (Wildman–Crippen MR) is 120 cm³/mol. The molecule has 2 aromatic carbocycles. The van der Waals surface area contributed by atoms with Crippen LogP contribution in [0.15, 0.2) is 66.0 Å². The number of hydrogen-bond acceptors (Lipinski definition) is 4. The van der Waals surface area contributed by atoms with E-state index in [1.807, 2.05) is 48.5 Å². The monoisotopic (exact) mass is 412 g/mol. The Morgan fingerprint density at radius 2 is 1.93 bits per heavy atom. The van der Waals surface area contributed by atoms with Crippen LogP contribution in [0.25, 0.3) is 11.1 Å². The van der Waals surface area contributed by atoms with Crippen molar-refractivity contribution in [2.75, 3.05) is 7.05 Å². The minimum atomic E-state index is -0.0822. The fourth-order valence-corrected chi connectivity index (χ4v) is 4.19. The van der Waals surface area contributed by atoms with Crippen LogP contribution in [0.4, 0.5) is 0 Å². The lowest BCUT2D eigenvalue weighted by Crippen LogP contribution is -2.19. The summed E-state index contributed by atoms with van der Waals surface area (Å²) in [6.45, 7) is 0.758. The van der Waals surface area contributed by atoms with E-state index in [1.165, 1.54) is 4.88 Å². The van der Waals surface area contributed by atoms with Crippen molar-refractivity contribution in [2.24, 2.45) is 0 Å². The Kier molecular flexibility index (Phi) is 7.04. The molecule has 1 amide bonds. The highest BCUT2D eigenvalue weighted by Crippen LogP contribution is 2.27. The Morgan fingerprint density at radius 1 is 1.11 bits per heavy atom. The van der Waals surface area contributed by atoms with Crippen molar-refractivity contribution in [2.45, 2.75) is 12.3 Å². The van der Waals surface area contributed by atoms with Crippen LogP contribution in [0.5, 0.6) is 0 Å². The van der Waals surface area contributed by atoms with Gasteiger partial charge in [-0.2, -0.15) is 0 Å². The highest BCUT2D eigenvalue weighted by molar-refractivity contribution is 8.22. The number of rotatable bonds is 6. The first-order chi connectivity index (χ1) is 13.2. The van der Waals surface area contributed by atoms with E-state index in [1.54, 1.807) is 30.1 Å². The normalized spacial score (nSPS) is 10.4. The average Bonchev–Trinajstić information content (AvgIpc) is 3.24. The molecule has 3 aromatic rings. The van der Waals surface area contributed by atoms with Crippen molar-refractivity contribution in [3.63, 3.8) is 0 Å². The number of carbonyl (C=O) groups excluding carboxylic acids is 1. The van der Waals surface area contributed by atoms with Gasteiger partial charge in [-0.15, -0.1) is 11.3 Å². The van der Waals surface area contributed by atoms with Crippen molar-refractivity contribution in [3.8, 4) is 11.1 Å². The zero-order chi connectivity index (χ0) is 19.1. The van der Waals surface area contributed by atoms with E-state index < -0.39 is 0 Å². The van der Waals surface area contributed by atoms with Crippen LogP contribution < -0.4 is 10.6 Å². The van der Waals surface area contributed by atoms with E-state index in [0.29, 0.717) is 5.56 Å². The molecule has 3 rings (SSSR count). The molecule has 0 aliphatic heterocycles. The molecule has 0 atom stereocenters. The molecule has 0 saturated heterocycles. The summed E-state index contributed by atoms with van der Waals surface area (Å²) in [7, 11) is 1.65. The number of thiocarbonyl (C=S) groups is 1. The molecule has 0 radical (unpaired) electrons. The zero-order valence-corrected chi connectivity index (χ0v) is 17.3. The summed E-state index contributed by atoms with van der Waals surface area (Å²) in [4.78, 5) is 13.5. The molecule has 0 unspecified atom stereocenters. The quantitative estimate of drug-likeness (QED) is 0.554. The van der Waals surface area contributed by atoms with E-state index >= 15 is 0 Å². The van der Waals surface area contributed by atoms with Gasteiger partial charge in [-0.25, -0.2) is 0 Å². The first-order valence-corrected chi connectivity index (χ1v) is 10.8. The minimum absolute atomic E-state index is 0.0822. The second-order valence-electron chi connectivity index (χ2n) is 5.83. The lowest BCUT2D eigenvalue weighted by atomic mass is 9.97. The first-order valence-electron chi connectivity index (χ1n) is 8.51. The third kappa shape index (κ3) is 5.42. The lowest BCUT2D eigenvalue weighted by molar-refractivity contribution is 0.0963. The minimum Gasteiger partial charge on any atom is -0.366 e. The Balaban J connectivity index is 1.70. The van der Waals surface area contributed by atoms with Crippen molar-refractivity contribution >= 4 is 45.5 Å². The molecule has 0 fully saturated rings. The van der Waals surface area contributed by atoms with Gasteiger partial charge < -0.3 is 10.6 Å². The molecule has 3 nitrogen and oxygen atoms in total. The van der Waals surface area contributed by atoms with E-state index in [0.717, 1.165) is 33.3 Å². The molecule has 0 aliphatic carbocycles. The SMILES string of the molecule is CNC(=O)c1ccc(CSC(=S)NCc2cccs2)cc1-c1ccccc1. The van der Waals surface area contributed by atoms with Gasteiger partial charge in [0.2, 0.25) is 0 Å². The summed E-state index contributed by atoms with van der Waals surface area (Å²) in [5.74, 6) is 0.672. The highest BCUT2D eigenvalue weighted by atomic mass is 32.2. The maximum absolute atomic E-state index is 12.2. The van der Waals surface area contributed by atoms with E-state index in [9.17, 15) is 4.79 Å². The lowest BCUT2D eigenvalue weighted by Gasteiger charge is -2.12. The third-order valence-corrected chi connectivity index (χ3v) is 6.26. The Bertz CT molecular complexity index is 908. The largest absolute Gasteiger partial charge is 0.366 e. The van der Waals surface area contributed by atoms with Gasteiger partial charge in [-0.05, 0) is 40.3 Å². The standard InChI is InChI=1S/C21H20N2OS3/c1-22-20(24)18-10-9-15(12-19(18)16-6-3-2-4-7-16)14-27-21(25)23-13-17-8-5-11-26-17/h2-12H,13-14H2,1H3,(H,22,24)(H,23,25). The summed E-state index contributed by atoms with van der Waals surface area (Å²) in [5, 5.41) is 8.06. The van der Waals surface area contributed by atoms with Gasteiger partial charge in [-0.1, -0.05) is 66.4 Å². The third-order valence-electron chi connectivity index (χ3n) is 4.00. The topological polar surface area (TPSA) is 41.1 Å². The van der Waals surface area contributed by atoms with Gasteiger partial charge in [0.1, 0.15) is 4.32 Å². The number of hydrogen-bond donors (Lipinski definition) is 2. The second kappa shape index (κ2) is 9.69. The molecule has 0 spiro atoms. The van der Waals surface area contributed by atoms with Crippen LogP contribution in [0, 0.1) is 0 Å². The van der Waals surface area contributed by atoms with Crippen LogP contribution in [0.2, 0.25) is 0 Å². The Hall–Kier alpha value is -2.15. The molecule has 6 heteroatoms.